The molecule has 2 aromatic carbocycles. The van der Waals surface area contributed by atoms with Crippen LogP contribution in [0.4, 0.5) is 0 Å². The Morgan fingerprint density at radius 2 is 1.77 bits per heavy atom. The van der Waals surface area contributed by atoms with E-state index in [4.69, 9.17) is 5.11 Å². The van der Waals surface area contributed by atoms with Crippen molar-refractivity contribution >= 4 is 38.5 Å². The lowest BCUT2D eigenvalue weighted by molar-refractivity contribution is -0.136. The van der Waals surface area contributed by atoms with E-state index < -0.39 is 11.8 Å². The molecule has 0 unspecified atom stereocenters. The smallest absolute Gasteiger partial charge is 0.303 e. The molecular weight excluding hydrogens is 398 g/mol. The van der Waals surface area contributed by atoms with Gasteiger partial charge in [0.15, 0.2) is 11.5 Å². The number of benzene rings is 2. The van der Waals surface area contributed by atoms with E-state index in [-0.39, 0.29) is 24.3 Å². The number of carboxylic acid groups (broad SMARTS) is 1. The lowest BCUT2D eigenvalue weighted by atomic mass is 9.98. The second kappa shape index (κ2) is 7.25. The second-order valence-corrected chi connectivity index (χ2v) is 6.83. The number of Topliss-reactive ketones (excluding diaryl/α,β-unsaturated/α-hetero) is 1. The van der Waals surface area contributed by atoms with Gasteiger partial charge in [-0.3, -0.25) is 9.59 Å². The number of aryl methyl sites for hydroxylation is 1. The Morgan fingerprint density at radius 3 is 2.46 bits per heavy atom. The summed E-state index contributed by atoms with van der Waals surface area (Å²) in [7, 11) is 0. The number of fused-ring (bicyclic) bond motifs is 1. The molecule has 0 radical (unpaired) electrons. The SMILES string of the molecule is Cc1ccc(-c2cc(Br)c(O)c(C(=O)CCC(=O)O)n2)c2ccccc12. The third-order valence-corrected chi connectivity index (χ3v) is 4.80. The van der Waals surface area contributed by atoms with Crippen LogP contribution in [-0.2, 0) is 4.79 Å². The maximum Gasteiger partial charge on any atom is 0.303 e. The van der Waals surface area contributed by atoms with E-state index in [9.17, 15) is 14.7 Å². The molecule has 0 aliphatic carbocycles. The van der Waals surface area contributed by atoms with Crippen molar-refractivity contribution in [3.63, 3.8) is 0 Å². The monoisotopic (exact) mass is 413 g/mol. The van der Waals surface area contributed by atoms with Gasteiger partial charge >= 0.3 is 5.97 Å². The van der Waals surface area contributed by atoms with Gasteiger partial charge in [0.05, 0.1) is 16.6 Å². The highest BCUT2D eigenvalue weighted by molar-refractivity contribution is 9.10. The molecule has 0 spiro atoms. The summed E-state index contributed by atoms with van der Waals surface area (Å²) in [6.45, 7) is 2.02. The fourth-order valence-electron chi connectivity index (χ4n) is 2.85. The number of carbonyl (C=O) groups excluding carboxylic acids is 1. The first-order valence-corrected chi connectivity index (χ1v) is 8.81. The average Bonchev–Trinajstić information content (AvgIpc) is 2.62. The van der Waals surface area contributed by atoms with E-state index in [1.54, 1.807) is 6.07 Å². The Morgan fingerprint density at radius 1 is 1.08 bits per heavy atom. The highest BCUT2D eigenvalue weighted by Crippen LogP contribution is 2.35. The lowest BCUT2D eigenvalue weighted by Crippen LogP contribution is -2.07. The van der Waals surface area contributed by atoms with Crippen LogP contribution < -0.4 is 0 Å². The van der Waals surface area contributed by atoms with Crippen LogP contribution in [-0.4, -0.2) is 26.9 Å². The van der Waals surface area contributed by atoms with E-state index >= 15 is 0 Å². The van der Waals surface area contributed by atoms with Crippen LogP contribution in [0.2, 0.25) is 0 Å². The van der Waals surface area contributed by atoms with E-state index in [0.29, 0.717) is 10.2 Å². The number of ketones is 1. The third-order valence-electron chi connectivity index (χ3n) is 4.19. The summed E-state index contributed by atoms with van der Waals surface area (Å²) in [6, 6.07) is 13.4. The molecular formula is C20H16BrNO4. The zero-order valence-corrected chi connectivity index (χ0v) is 15.6. The fourth-order valence-corrected chi connectivity index (χ4v) is 3.26. The summed E-state index contributed by atoms with van der Waals surface area (Å²) in [4.78, 5) is 27.4. The quantitative estimate of drug-likeness (QED) is 0.590. The Hall–Kier alpha value is -2.73. The van der Waals surface area contributed by atoms with Gasteiger partial charge in [0.2, 0.25) is 0 Å². The standard InChI is InChI=1S/C20H16BrNO4/c1-11-6-7-14(13-5-3-2-4-12(11)13)16-10-15(21)20(26)19(22-16)17(23)8-9-18(24)25/h2-7,10,26H,8-9H2,1H3,(H,24,25). The largest absolute Gasteiger partial charge is 0.504 e. The second-order valence-electron chi connectivity index (χ2n) is 5.98. The Kier molecular flexibility index (Phi) is 5.04. The number of rotatable bonds is 5. The van der Waals surface area contributed by atoms with Crippen molar-refractivity contribution in [1.82, 2.24) is 4.98 Å². The van der Waals surface area contributed by atoms with Gasteiger partial charge in [-0.05, 0) is 45.3 Å². The van der Waals surface area contributed by atoms with Gasteiger partial charge in [0, 0.05) is 12.0 Å². The summed E-state index contributed by atoms with van der Waals surface area (Å²) in [5.74, 6) is -1.86. The van der Waals surface area contributed by atoms with E-state index in [1.165, 1.54) is 0 Å². The Labute approximate surface area is 158 Å². The molecule has 0 aliphatic rings. The molecule has 0 saturated carbocycles. The number of pyridine rings is 1. The molecule has 0 atom stereocenters. The number of nitrogens with zero attached hydrogens (tertiary/aromatic N) is 1. The van der Waals surface area contributed by atoms with Crippen LogP contribution in [0.3, 0.4) is 0 Å². The number of aliphatic carboxylic acids is 1. The number of hydrogen-bond acceptors (Lipinski definition) is 4. The van der Waals surface area contributed by atoms with Crippen LogP contribution in [0, 0.1) is 6.92 Å². The van der Waals surface area contributed by atoms with Gasteiger partial charge in [-0.15, -0.1) is 0 Å². The first-order valence-electron chi connectivity index (χ1n) is 8.01. The van der Waals surface area contributed by atoms with Crippen molar-refractivity contribution in [2.24, 2.45) is 0 Å². The number of hydrogen-bond donors (Lipinski definition) is 2. The maximum atomic E-state index is 12.3. The van der Waals surface area contributed by atoms with Crippen molar-refractivity contribution in [2.75, 3.05) is 0 Å². The van der Waals surface area contributed by atoms with Crippen molar-refractivity contribution in [2.45, 2.75) is 19.8 Å². The molecule has 0 fully saturated rings. The van der Waals surface area contributed by atoms with Crippen LogP contribution in [0.1, 0.15) is 28.9 Å². The first kappa shape index (κ1) is 18.1. The Balaban J connectivity index is 2.14. The van der Waals surface area contributed by atoms with Crippen LogP contribution in [0.5, 0.6) is 5.75 Å². The molecule has 3 rings (SSSR count). The van der Waals surface area contributed by atoms with Gasteiger partial charge in [0.25, 0.3) is 0 Å². The Bertz CT molecular complexity index is 1030. The molecule has 0 saturated heterocycles. The topological polar surface area (TPSA) is 87.5 Å². The summed E-state index contributed by atoms with van der Waals surface area (Å²) in [5, 5.41) is 21.0. The van der Waals surface area contributed by atoms with Crippen LogP contribution in [0.15, 0.2) is 46.9 Å². The van der Waals surface area contributed by atoms with Gasteiger partial charge in [-0.25, -0.2) is 4.98 Å². The highest BCUT2D eigenvalue weighted by atomic mass is 79.9. The molecule has 132 valence electrons. The molecule has 3 aromatic rings. The zero-order valence-electron chi connectivity index (χ0n) is 14.0. The molecule has 0 amide bonds. The summed E-state index contributed by atoms with van der Waals surface area (Å²) in [6.07, 6.45) is -0.532. The molecule has 5 nitrogen and oxygen atoms in total. The molecule has 0 aliphatic heterocycles. The predicted molar refractivity (Wildman–Crippen MR) is 102 cm³/mol. The lowest BCUT2D eigenvalue weighted by Gasteiger charge is -2.12. The normalized spacial score (nSPS) is 10.8. The molecule has 26 heavy (non-hydrogen) atoms. The number of carboxylic acids is 1. The number of aromatic nitrogens is 1. The van der Waals surface area contributed by atoms with Crippen molar-refractivity contribution in [3.05, 3.63) is 58.2 Å². The van der Waals surface area contributed by atoms with E-state index in [2.05, 4.69) is 20.9 Å². The van der Waals surface area contributed by atoms with Gasteiger partial charge < -0.3 is 10.2 Å². The summed E-state index contributed by atoms with van der Waals surface area (Å²) < 4.78 is 0.339. The van der Waals surface area contributed by atoms with Gasteiger partial charge in [-0.2, -0.15) is 0 Å². The van der Waals surface area contributed by atoms with Crippen molar-refractivity contribution < 1.29 is 19.8 Å². The minimum atomic E-state index is -1.07. The molecule has 1 aromatic heterocycles. The number of carbonyl (C=O) groups is 2. The van der Waals surface area contributed by atoms with Gasteiger partial charge in [-0.1, -0.05) is 36.4 Å². The van der Waals surface area contributed by atoms with Gasteiger partial charge in [0.1, 0.15) is 5.69 Å². The molecule has 1 heterocycles. The number of aromatic hydroxyl groups is 1. The first-order chi connectivity index (χ1) is 12.4. The average molecular weight is 414 g/mol. The zero-order chi connectivity index (χ0) is 18.8. The summed E-state index contributed by atoms with van der Waals surface area (Å²) >= 11 is 3.26. The van der Waals surface area contributed by atoms with Crippen molar-refractivity contribution in [3.8, 4) is 17.0 Å². The molecule has 0 bridgehead atoms. The minimum absolute atomic E-state index is 0.125. The fraction of sp³-hybridized carbons (Fsp3) is 0.150. The predicted octanol–water partition coefficient (Wildman–Crippen LogP) is 4.73. The minimum Gasteiger partial charge on any atom is -0.504 e. The third kappa shape index (κ3) is 3.46. The maximum absolute atomic E-state index is 12.3. The van der Waals surface area contributed by atoms with Crippen molar-refractivity contribution in [1.29, 1.82) is 0 Å². The molecule has 2 N–H and O–H groups in total. The van der Waals surface area contributed by atoms with E-state index in [0.717, 1.165) is 21.9 Å². The molecule has 6 heteroatoms. The van der Waals surface area contributed by atoms with E-state index in [1.807, 2.05) is 43.3 Å². The number of halogens is 1. The summed E-state index contributed by atoms with van der Waals surface area (Å²) in [5.41, 5.74) is 2.36. The van der Waals surface area contributed by atoms with Crippen LogP contribution in [0.25, 0.3) is 22.0 Å². The van der Waals surface area contributed by atoms with Crippen LogP contribution >= 0.6 is 15.9 Å². The highest BCUT2D eigenvalue weighted by Gasteiger charge is 2.19.